The normalized spacial score (nSPS) is 8.74. The molecule has 0 aliphatic carbocycles. The number of fused-ring (bicyclic) bond motifs is 1. The van der Waals surface area contributed by atoms with E-state index < -0.39 is 11.5 Å². The van der Waals surface area contributed by atoms with Crippen molar-refractivity contribution < 1.29 is 42.3 Å². The number of carbonyl (C=O) groups excluding carboxylic acids is 2. The van der Waals surface area contributed by atoms with Crippen LogP contribution in [0.3, 0.4) is 0 Å². The number of Topliss-reactive ketones (excluding diaryl/α,β-unsaturated/α-hetero) is 1. The van der Waals surface area contributed by atoms with Crippen LogP contribution in [0.5, 0.6) is 0 Å². The largest absolute Gasteiger partial charge is 0.358 e. The Labute approximate surface area is 189 Å². The average Bonchev–Trinajstić information content (AvgIpc) is 3.03. The van der Waals surface area contributed by atoms with Crippen molar-refractivity contribution in [3.63, 3.8) is 0 Å². The van der Waals surface area contributed by atoms with E-state index in [1.165, 1.54) is 6.42 Å². The molecule has 0 saturated carbocycles. The second kappa shape index (κ2) is 14.5. The van der Waals surface area contributed by atoms with Crippen LogP contribution < -0.4 is 0 Å². The minimum absolute atomic E-state index is 0. The molecule has 0 aliphatic heterocycles. The Morgan fingerprint density at radius 3 is 2.04 bits per heavy atom. The molecule has 0 bridgehead atoms. The van der Waals surface area contributed by atoms with E-state index in [0.29, 0.717) is 11.3 Å². The minimum Gasteiger partial charge on any atom is -0.358 e. The van der Waals surface area contributed by atoms with Crippen molar-refractivity contribution in [1.82, 2.24) is 9.38 Å². The summed E-state index contributed by atoms with van der Waals surface area (Å²) in [6.45, 7) is 8.25. The van der Waals surface area contributed by atoms with Crippen LogP contribution in [0.1, 0.15) is 44.6 Å². The van der Waals surface area contributed by atoms with E-state index in [9.17, 15) is 9.59 Å². The molecule has 0 N–H and O–H groups in total. The van der Waals surface area contributed by atoms with Gasteiger partial charge in [-0.25, -0.2) is 4.98 Å². The van der Waals surface area contributed by atoms with Crippen LogP contribution in [0.4, 0.5) is 0 Å². The number of hydrogen-bond donors (Lipinski definition) is 0. The Balaban J connectivity index is 0. The summed E-state index contributed by atoms with van der Waals surface area (Å²) in [6, 6.07) is 14.6. The molecule has 4 nitrogen and oxygen atoms in total. The maximum absolute atomic E-state index is 12.1. The molecule has 27 heavy (non-hydrogen) atoms. The van der Waals surface area contributed by atoms with Gasteiger partial charge in [-0.15, -0.1) is 0 Å². The molecule has 0 spiro atoms. The van der Waals surface area contributed by atoms with Crippen LogP contribution in [0.25, 0.3) is 16.9 Å². The van der Waals surface area contributed by atoms with E-state index in [-0.39, 0.29) is 45.8 Å². The molecule has 2 heterocycles. The van der Waals surface area contributed by atoms with Gasteiger partial charge in [0.15, 0.2) is 7.85 Å². The third-order valence-electron chi connectivity index (χ3n) is 3.02. The Bertz CT molecular complexity index is 833. The number of carbonyl (C=O) groups is 2. The van der Waals surface area contributed by atoms with Gasteiger partial charge in [-0.05, 0) is 12.1 Å². The summed E-state index contributed by atoms with van der Waals surface area (Å²) >= 11 is 0. The van der Waals surface area contributed by atoms with Crippen LogP contribution >= 0.6 is 0 Å². The summed E-state index contributed by atoms with van der Waals surface area (Å²) in [6.07, 6.45) is 2.94. The summed E-state index contributed by atoms with van der Waals surface area (Å²) in [5.74, 6) is -0.748. The Morgan fingerprint density at radius 2 is 1.52 bits per heavy atom. The van der Waals surface area contributed by atoms with Gasteiger partial charge >= 0.3 is 0 Å². The number of nitrogens with zero attached hydrogens (tertiary/aromatic N) is 2. The van der Waals surface area contributed by atoms with Gasteiger partial charge in [0.2, 0.25) is 5.78 Å². The molecule has 3 radical (unpaired) electrons. The van der Waals surface area contributed by atoms with Gasteiger partial charge in [-0.2, -0.15) is 0 Å². The quantitative estimate of drug-likeness (QED) is 0.256. The molecule has 3 aromatic rings. The molecule has 139 valence electrons. The molecule has 2 aromatic heterocycles. The summed E-state index contributed by atoms with van der Waals surface area (Å²) in [5, 5.41) is 0. The summed E-state index contributed by atoms with van der Waals surface area (Å²) in [5.41, 5.74) is 1.02. The van der Waals surface area contributed by atoms with Gasteiger partial charge in [0.05, 0.1) is 0 Å². The fraction of sp³-hybridized carbons (Fsp3) is 0.238. The van der Waals surface area contributed by atoms with E-state index in [1.54, 1.807) is 22.7 Å². The fourth-order valence-electron chi connectivity index (χ4n) is 2.13. The van der Waals surface area contributed by atoms with Crippen molar-refractivity contribution in [3.05, 3.63) is 67.8 Å². The van der Waals surface area contributed by atoms with Crippen LogP contribution in [0.15, 0.2) is 54.7 Å². The van der Waals surface area contributed by atoms with E-state index in [1.807, 2.05) is 50.2 Å². The van der Waals surface area contributed by atoms with Gasteiger partial charge < -0.3 is 12.2 Å². The monoisotopic (exact) mass is 438 g/mol. The van der Waals surface area contributed by atoms with Gasteiger partial charge in [0.25, 0.3) is 0 Å². The molecule has 0 unspecified atom stereocenters. The number of hydrogen-bond acceptors (Lipinski definition) is 3. The number of aromatic nitrogens is 2. The van der Waals surface area contributed by atoms with Crippen LogP contribution in [0, 0.1) is 7.43 Å². The SMILES string of the molecule is CC.CCC.[B]C(=O)C(=O)c1c(-c2ccccc2)nc2ccccn12.[CH3-].[Y]. The fourth-order valence-corrected chi connectivity index (χ4v) is 2.13. The molecule has 3 rings (SSSR count). The number of benzene rings is 1. The first-order valence-electron chi connectivity index (χ1n) is 8.46. The zero-order chi connectivity index (χ0) is 18.8. The second-order valence-corrected chi connectivity index (χ2v) is 5.00. The summed E-state index contributed by atoms with van der Waals surface area (Å²) < 4.78 is 1.58. The smallest absolute Gasteiger partial charge is 0.235 e. The summed E-state index contributed by atoms with van der Waals surface area (Å²) in [7, 11) is 5.14. The van der Waals surface area contributed by atoms with E-state index in [0.717, 1.165) is 5.56 Å². The molecular weight excluding hydrogens is 412 g/mol. The number of rotatable bonds is 3. The van der Waals surface area contributed by atoms with Crippen molar-refractivity contribution >= 4 is 25.0 Å². The van der Waals surface area contributed by atoms with E-state index in [4.69, 9.17) is 7.85 Å². The first-order chi connectivity index (χ1) is 12.1. The molecule has 0 fully saturated rings. The molecule has 0 amide bonds. The van der Waals surface area contributed by atoms with E-state index >= 15 is 0 Å². The topological polar surface area (TPSA) is 51.4 Å². The van der Waals surface area contributed by atoms with Crippen molar-refractivity contribution in [2.24, 2.45) is 0 Å². The second-order valence-electron chi connectivity index (χ2n) is 5.00. The molecule has 6 heteroatoms. The van der Waals surface area contributed by atoms with Crippen LogP contribution in [-0.4, -0.2) is 28.7 Å². The molecule has 0 atom stereocenters. The maximum atomic E-state index is 12.1. The zero-order valence-corrected chi connectivity index (χ0v) is 19.6. The number of imidazole rings is 1. The maximum Gasteiger partial charge on any atom is 0.235 e. The standard InChI is InChI=1S/C15H9BN2O2.C3H8.C2H6.CH3.Y/c16-15(20)14(19)13-12(10-6-2-1-3-7-10)17-11-8-4-5-9-18(11)13;1-3-2;1-2;;/h1-9H;3H2,1-2H3;1-2H3;1H3;/q;;;-1;. The van der Waals surface area contributed by atoms with Crippen molar-refractivity contribution in [2.45, 2.75) is 34.1 Å². The van der Waals surface area contributed by atoms with Gasteiger partial charge in [0.1, 0.15) is 22.7 Å². The first-order valence-corrected chi connectivity index (χ1v) is 8.46. The molecule has 0 saturated heterocycles. The van der Waals surface area contributed by atoms with Crippen LogP contribution in [-0.2, 0) is 37.5 Å². The van der Waals surface area contributed by atoms with Crippen LogP contribution in [0.2, 0.25) is 0 Å². The number of ketones is 1. The first kappa shape index (κ1) is 27.6. The van der Waals surface area contributed by atoms with Gasteiger partial charge in [0, 0.05) is 44.5 Å². The third-order valence-corrected chi connectivity index (χ3v) is 3.02. The minimum atomic E-state index is -0.993. The van der Waals surface area contributed by atoms with Crippen molar-refractivity contribution in [3.8, 4) is 11.3 Å². The average molecular weight is 438 g/mol. The number of pyridine rings is 1. The predicted molar refractivity (Wildman–Crippen MR) is 109 cm³/mol. The molecule has 0 aliphatic rings. The zero-order valence-electron chi connectivity index (χ0n) is 16.8. The Hall–Kier alpha value is -1.58. The molecular formula is C21H26BN2O2Y-. The van der Waals surface area contributed by atoms with Crippen molar-refractivity contribution in [2.75, 3.05) is 0 Å². The van der Waals surface area contributed by atoms with E-state index in [2.05, 4.69) is 18.8 Å². The van der Waals surface area contributed by atoms with Gasteiger partial charge in [-0.1, -0.05) is 70.5 Å². The molecule has 1 aromatic carbocycles. The third kappa shape index (κ3) is 7.15. The predicted octanol–water partition coefficient (Wildman–Crippen LogP) is 4.77. The summed E-state index contributed by atoms with van der Waals surface area (Å²) in [4.78, 5) is 27.8. The van der Waals surface area contributed by atoms with Crippen molar-refractivity contribution in [1.29, 1.82) is 0 Å². The Morgan fingerprint density at radius 1 is 1.00 bits per heavy atom. The van der Waals surface area contributed by atoms with Gasteiger partial charge in [-0.3, -0.25) is 9.20 Å². The Kier molecular flexibility index (Phi) is 14.8.